The van der Waals surface area contributed by atoms with Crippen LogP contribution in [0.15, 0.2) is 46.9 Å². The van der Waals surface area contributed by atoms with Crippen molar-refractivity contribution >= 4 is 21.6 Å². The van der Waals surface area contributed by atoms with Gasteiger partial charge in [-0.2, -0.15) is 0 Å². The van der Waals surface area contributed by atoms with Gasteiger partial charge in [-0.05, 0) is 41.8 Å². The molecule has 1 aliphatic heterocycles. The molecule has 98 valence electrons. The van der Waals surface area contributed by atoms with E-state index in [1.54, 1.807) is 0 Å². The highest BCUT2D eigenvalue weighted by Crippen LogP contribution is 2.35. The van der Waals surface area contributed by atoms with Crippen molar-refractivity contribution in [2.75, 3.05) is 11.9 Å². The third kappa shape index (κ3) is 2.61. The lowest BCUT2D eigenvalue weighted by Gasteiger charge is -2.28. The molecule has 0 saturated carbocycles. The lowest BCUT2D eigenvalue weighted by atomic mass is 10.1. The fourth-order valence-electron chi connectivity index (χ4n) is 2.30. The fraction of sp³-hybridized carbons (Fsp3) is 0.250. The average molecular weight is 318 g/mol. The summed E-state index contributed by atoms with van der Waals surface area (Å²) < 4.78 is 7.17. The Morgan fingerprint density at radius 2 is 2.00 bits per heavy atom. The first-order valence-electron chi connectivity index (χ1n) is 6.55. The minimum atomic E-state index is 0.0769. The molecule has 1 N–H and O–H groups in total. The zero-order valence-corrected chi connectivity index (χ0v) is 12.4. The molecule has 0 amide bonds. The van der Waals surface area contributed by atoms with Crippen LogP contribution in [0.1, 0.15) is 24.2 Å². The van der Waals surface area contributed by atoms with Gasteiger partial charge in [0, 0.05) is 4.47 Å². The summed E-state index contributed by atoms with van der Waals surface area (Å²) >= 11 is 3.45. The molecule has 1 heterocycles. The number of anilines is 1. The first-order valence-corrected chi connectivity index (χ1v) is 7.34. The maximum Gasteiger partial charge on any atom is 0.143 e. The largest absolute Gasteiger partial charge is 0.482 e. The number of aryl methyl sites for hydroxylation is 1. The summed E-state index contributed by atoms with van der Waals surface area (Å²) in [4.78, 5) is 0. The third-order valence-electron chi connectivity index (χ3n) is 3.44. The van der Waals surface area contributed by atoms with Crippen LogP contribution in [0.25, 0.3) is 0 Å². The van der Waals surface area contributed by atoms with E-state index in [1.165, 1.54) is 11.1 Å². The van der Waals surface area contributed by atoms with Crippen molar-refractivity contribution in [2.24, 2.45) is 0 Å². The van der Waals surface area contributed by atoms with Gasteiger partial charge in [-0.3, -0.25) is 0 Å². The number of fused-ring (bicyclic) bond motifs is 1. The van der Waals surface area contributed by atoms with E-state index in [4.69, 9.17) is 4.74 Å². The lowest BCUT2D eigenvalue weighted by Crippen LogP contribution is -2.23. The van der Waals surface area contributed by atoms with Gasteiger partial charge in [-0.25, -0.2) is 0 Å². The average Bonchev–Trinajstić information content (AvgIpc) is 2.47. The van der Waals surface area contributed by atoms with Crippen LogP contribution in [0, 0.1) is 0 Å². The molecular weight excluding hydrogens is 302 g/mol. The van der Waals surface area contributed by atoms with Gasteiger partial charge in [0.25, 0.3) is 0 Å². The van der Waals surface area contributed by atoms with Crippen LogP contribution in [0.2, 0.25) is 0 Å². The quantitative estimate of drug-likeness (QED) is 0.876. The Bertz CT molecular complexity index is 580. The number of hydrogen-bond donors (Lipinski definition) is 1. The predicted molar refractivity (Wildman–Crippen MR) is 81.8 cm³/mol. The van der Waals surface area contributed by atoms with Crippen molar-refractivity contribution in [3.63, 3.8) is 0 Å². The van der Waals surface area contributed by atoms with Gasteiger partial charge in [-0.15, -0.1) is 0 Å². The number of benzene rings is 2. The molecule has 0 fully saturated rings. The SMILES string of the molecule is CCc1ccc2c(c1)NCC(c1ccc(Br)cc1)O2. The van der Waals surface area contributed by atoms with Crippen molar-refractivity contribution in [3.05, 3.63) is 58.1 Å². The minimum absolute atomic E-state index is 0.0769. The Morgan fingerprint density at radius 1 is 1.21 bits per heavy atom. The smallest absolute Gasteiger partial charge is 0.143 e. The monoisotopic (exact) mass is 317 g/mol. The summed E-state index contributed by atoms with van der Waals surface area (Å²) in [5.41, 5.74) is 3.63. The highest BCUT2D eigenvalue weighted by Gasteiger charge is 2.20. The number of halogens is 1. The van der Waals surface area contributed by atoms with Crippen molar-refractivity contribution in [1.29, 1.82) is 0 Å². The van der Waals surface area contributed by atoms with Gasteiger partial charge in [0.1, 0.15) is 11.9 Å². The second-order valence-corrected chi connectivity index (χ2v) is 5.64. The van der Waals surface area contributed by atoms with Gasteiger partial charge < -0.3 is 10.1 Å². The summed E-state index contributed by atoms with van der Waals surface area (Å²) in [5.74, 6) is 0.941. The maximum atomic E-state index is 6.08. The van der Waals surface area contributed by atoms with E-state index < -0.39 is 0 Å². The van der Waals surface area contributed by atoms with E-state index in [0.29, 0.717) is 0 Å². The summed E-state index contributed by atoms with van der Waals surface area (Å²) in [5, 5.41) is 3.46. The van der Waals surface area contributed by atoms with Crippen LogP contribution in [-0.2, 0) is 6.42 Å². The molecule has 2 aromatic carbocycles. The van der Waals surface area contributed by atoms with Crippen molar-refractivity contribution in [3.8, 4) is 5.75 Å². The van der Waals surface area contributed by atoms with Crippen molar-refractivity contribution < 1.29 is 4.74 Å². The molecule has 19 heavy (non-hydrogen) atoms. The van der Waals surface area contributed by atoms with E-state index in [2.05, 4.69) is 58.5 Å². The molecule has 1 unspecified atom stereocenters. The molecular formula is C16H16BrNO. The van der Waals surface area contributed by atoms with Gasteiger partial charge in [0.05, 0.1) is 12.2 Å². The Balaban J connectivity index is 1.84. The van der Waals surface area contributed by atoms with Gasteiger partial charge >= 0.3 is 0 Å². The molecule has 3 rings (SSSR count). The first-order chi connectivity index (χ1) is 9.26. The molecule has 1 atom stereocenters. The van der Waals surface area contributed by atoms with E-state index in [1.807, 2.05) is 12.1 Å². The Kier molecular flexibility index (Phi) is 3.47. The van der Waals surface area contributed by atoms with Gasteiger partial charge in [0.2, 0.25) is 0 Å². The second-order valence-electron chi connectivity index (χ2n) is 4.72. The van der Waals surface area contributed by atoms with Crippen LogP contribution in [0.5, 0.6) is 5.75 Å². The summed E-state index contributed by atoms with van der Waals surface area (Å²) in [6, 6.07) is 14.7. The van der Waals surface area contributed by atoms with E-state index >= 15 is 0 Å². The van der Waals surface area contributed by atoms with Gasteiger partial charge in [0.15, 0.2) is 0 Å². The van der Waals surface area contributed by atoms with Crippen molar-refractivity contribution in [2.45, 2.75) is 19.4 Å². The van der Waals surface area contributed by atoms with Crippen LogP contribution >= 0.6 is 15.9 Å². The number of nitrogens with one attached hydrogen (secondary N) is 1. The summed E-state index contributed by atoms with van der Waals surface area (Å²) in [6.45, 7) is 2.97. The molecule has 0 bridgehead atoms. The Labute approximate surface area is 121 Å². The zero-order valence-electron chi connectivity index (χ0n) is 10.8. The molecule has 0 saturated heterocycles. The number of hydrogen-bond acceptors (Lipinski definition) is 2. The highest BCUT2D eigenvalue weighted by molar-refractivity contribution is 9.10. The van der Waals surface area contributed by atoms with E-state index in [-0.39, 0.29) is 6.10 Å². The second kappa shape index (κ2) is 5.25. The van der Waals surface area contributed by atoms with E-state index in [0.717, 1.165) is 28.9 Å². The lowest BCUT2D eigenvalue weighted by molar-refractivity contribution is 0.210. The Morgan fingerprint density at radius 3 is 2.74 bits per heavy atom. The summed E-state index contributed by atoms with van der Waals surface area (Å²) in [7, 11) is 0. The summed E-state index contributed by atoms with van der Waals surface area (Å²) in [6.07, 6.45) is 1.12. The number of rotatable bonds is 2. The molecule has 3 heteroatoms. The fourth-order valence-corrected chi connectivity index (χ4v) is 2.56. The normalized spacial score (nSPS) is 17.3. The third-order valence-corrected chi connectivity index (χ3v) is 3.97. The number of ether oxygens (including phenoxy) is 1. The topological polar surface area (TPSA) is 21.3 Å². The van der Waals surface area contributed by atoms with Crippen LogP contribution < -0.4 is 10.1 Å². The minimum Gasteiger partial charge on any atom is -0.482 e. The maximum absolute atomic E-state index is 6.08. The standard InChI is InChI=1S/C16H16BrNO/c1-2-11-3-8-15-14(9-11)18-10-16(19-15)12-4-6-13(17)7-5-12/h3-9,16,18H,2,10H2,1H3. The van der Waals surface area contributed by atoms with Crippen LogP contribution in [-0.4, -0.2) is 6.54 Å². The first kappa shape index (κ1) is 12.5. The highest BCUT2D eigenvalue weighted by atomic mass is 79.9. The predicted octanol–water partition coefficient (Wildman–Crippen LogP) is 4.56. The van der Waals surface area contributed by atoms with Crippen LogP contribution in [0.4, 0.5) is 5.69 Å². The molecule has 2 aromatic rings. The molecule has 2 nitrogen and oxygen atoms in total. The van der Waals surface area contributed by atoms with Gasteiger partial charge in [-0.1, -0.05) is 41.1 Å². The molecule has 0 aromatic heterocycles. The molecule has 1 aliphatic rings. The molecule has 0 radical (unpaired) electrons. The Hall–Kier alpha value is -1.48. The molecule has 0 spiro atoms. The van der Waals surface area contributed by atoms with E-state index in [9.17, 15) is 0 Å². The molecule has 0 aliphatic carbocycles. The zero-order chi connectivity index (χ0) is 13.2. The van der Waals surface area contributed by atoms with Crippen LogP contribution in [0.3, 0.4) is 0 Å². The van der Waals surface area contributed by atoms with Crippen molar-refractivity contribution in [1.82, 2.24) is 0 Å².